The van der Waals surface area contributed by atoms with Gasteiger partial charge in [0.2, 0.25) is 0 Å². The summed E-state index contributed by atoms with van der Waals surface area (Å²) in [4.78, 5) is 12.4. The van der Waals surface area contributed by atoms with Gasteiger partial charge in [0.1, 0.15) is 11.6 Å². The van der Waals surface area contributed by atoms with E-state index in [0.717, 1.165) is 25.7 Å². The van der Waals surface area contributed by atoms with Gasteiger partial charge in [0.05, 0.1) is 16.1 Å². The van der Waals surface area contributed by atoms with Crippen LogP contribution in [0.4, 0.5) is 4.39 Å². The van der Waals surface area contributed by atoms with Crippen LogP contribution in [0.25, 0.3) is 0 Å². The van der Waals surface area contributed by atoms with E-state index in [1.165, 1.54) is 12.1 Å². The van der Waals surface area contributed by atoms with Gasteiger partial charge in [-0.05, 0) is 54.2 Å². The molecule has 1 atom stereocenters. The average Bonchev–Trinajstić information content (AvgIpc) is 2.48. The molecule has 1 aromatic carbocycles. The van der Waals surface area contributed by atoms with Crippen molar-refractivity contribution in [2.24, 2.45) is 0 Å². The number of benzene rings is 1. The summed E-state index contributed by atoms with van der Waals surface area (Å²) in [6.07, 6.45) is 3.51. The van der Waals surface area contributed by atoms with Crippen LogP contribution >= 0.6 is 15.9 Å². The van der Waals surface area contributed by atoms with Crippen LogP contribution in [-0.4, -0.2) is 18.1 Å². The maximum atomic E-state index is 13.8. The molecule has 0 unspecified atom stereocenters. The van der Waals surface area contributed by atoms with Gasteiger partial charge in [-0.25, -0.2) is 4.39 Å². The van der Waals surface area contributed by atoms with E-state index in [2.05, 4.69) is 28.2 Å². The van der Waals surface area contributed by atoms with E-state index in [9.17, 15) is 9.18 Å². The topological polar surface area (TPSA) is 38.3 Å². The molecule has 0 bridgehead atoms. The van der Waals surface area contributed by atoms with Gasteiger partial charge in [-0.3, -0.25) is 4.79 Å². The second-order valence-electron chi connectivity index (χ2n) is 5.47. The summed E-state index contributed by atoms with van der Waals surface area (Å²) in [5.74, 6) is -0.346. The van der Waals surface area contributed by atoms with Gasteiger partial charge in [-0.15, -0.1) is 0 Å². The van der Waals surface area contributed by atoms with Crippen LogP contribution in [0.1, 0.15) is 63.7 Å². The predicted octanol–water partition coefficient (Wildman–Crippen LogP) is 5.07. The average molecular weight is 374 g/mol. The maximum absolute atomic E-state index is 13.8. The van der Waals surface area contributed by atoms with Gasteiger partial charge < -0.3 is 10.1 Å². The number of hydrogen-bond acceptors (Lipinski definition) is 2. The van der Waals surface area contributed by atoms with Crippen molar-refractivity contribution in [3.05, 3.63) is 28.0 Å². The minimum atomic E-state index is -0.467. The van der Waals surface area contributed by atoms with Crippen LogP contribution in [0.15, 0.2) is 16.6 Å². The first-order valence-electron chi connectivity index (χ1n) is 7.89. The molecule has 1 N–H and O–H groups in total. The fourth-order valence-corrected chi connectivity index (χ4v) is 2.56. The van der Waals surface area contributed by atoms with Crippen molar-refractivity contribution in [1.82, 2.24) is 5.32 Å². The zero-order chi connectivity index (χ0) is 16.7. The number of hydrogen-bond donors (Lipinski definition) is 1. The van der Waals surface area contributed by atoms with Crippen LogP contribution in [-0.2, 0) is 0 Å². The molecule has 0 heterocycles. The standard InChI is InChI=1S/C17H25BrFNO2/c1-5-8-11(4)22-16-10-14(18)15(19)9-13(16)17(21)20-12(6-2)7-3/h9-12H,5-8H2,1-4H3,(H,20,21)/t11-/m0/s1. The van der Waals surface area contributed by atoms with Crippen molar-refractivity contribution < 1.29 is 13.9 Å². The van der Waals surface area contributed by atoms with E-state index in [1.807, 2.05) is 20.8 Å². The zero-order valence-electron chi connectivity index (χ0n) is 13.7. The number of ether oxygens (including phenoxy) is 1. The first kappa shape index (κ1) is 18.9. The lowest BCUT2D eigenvalue weighted by molar-refractivity contribution is 0.0927. The molecule has 22 heavy (non-hydrogen) atoms. The number of carbonyl (C=O) groups excluding carboxylic acids is 1. The Balaban J connectivity index is 3.05. The van der Waals surface area contributed by atoms with E-state index in [-0.39, 0.29) is 23.6 Å². The van der Waals surface area contributed by atoms with Crippen molar-refractivity contribution in [2.75, 3.05) is 0 Å². The minimum absolute atomic E-state index is 0.0259. The molecule has 0 aliphatic carbocycles. The van der Waals surface area contributed by atoms with E-state index >= 15 is 0 Å². The highest BCUT2D eigenvalue weighted by Crippen LogP contribution is 2.28. The van der Waals surface area contributed by atoms with Crippen LogP contribution in [0.3, 0.4) is 0 Å². The Kier molecular flexibility index (Phi) is 7.87. The van der Waals surface area contributed by atoms with Crippen LogP contribution in [0, 0.1) is 5.82 Å². The quantitative estimate of drug-likeness (QED) is 0.690. The Labute approximate surface area is 140 Å². The third-order valence-electron chi connectivity index (χ3n) is 3.61. The summed E-state index contributed by atoms with van der Waals surface area (Å²) < 4.78 is 20.0. The Morgan fingerprint density at radius 2 is 1.95 bits per heavy atom. The fraction of sp³-hybridized carbons (Fsp3) is 0.588. The molecule has 0 fully saturated rings. The Hall–Kier alpha value is -1.10. The molecule has 0 aliphatic rings. The number of carbonyl (C=O) groups is 1. The van der Waals surface area contributed by atoms with Crippen molar-refractivity contribution in [1.29, 1.82) is 0 Å². The monoisotopic (exact) mass is 373 g/mol. The summed E-state index contributed by atoms with van der Waals surface area (Å²) in [5.41, 5.74) is 0.246. The molecule has 1 rings (SSSR count). The summed E-state index contributed by atoms with van der Waals surface area (Å²) in [7, 11) is 0. The zero-order valence-corrected chi connectivity index (χ0v) is 15.3. The molecule has 0 saturated heterocycles. The molecule has 0 spiro atoms. The van der Waals surface area contributed by atoms with Crippen LogP contribution in [0.5, 0.6) is 5.75 Å². The lowest BCUT2D eigenvalue weighted by atomic mass is 10.1. The lowest BCUT2D eigenvalue weighted by Gasteiger charge is -2.19. The fourth-order valence-electron chi connectivity index (χ4n) is 2.24. The molecule has 3 nitrogen and oxygen atoms in total. The molecule has 124 valence electrons. The molecular weight excluding hydrogens is 349 g/mol. The number of amides is 1. The number of rotatable bonds is 8. The van der Waals surface area contributed by atoms with E-state index < -0.39 is 5.82 Å². The van der Waals surface area contributed by atoms with Gasteiger partial charge in [0, 0.05) is 6.04 Å². The third kappa shape index (κ3) is 5.27. The van der Waals surface area contributed by atoms with Gasteiger partial charge in [0.25, 0.3) is 5.91 Å². The summed E-state index contributed by atoms with van der Waals surface area (Å²) in [6, 6.07) is 2.85. The maximum Gasteiger partial charge on any atom is 0.255 e. The van der Waals surface area contributed by atoms with Crippen LogP contribution < -0.4 is 10.1 Å². The van der Waals surface area contributed by atoms with E-state index in [4.69, 9.17) is 4.74 Å². The minimum Gasteiger partial charge on any atom is -0.490 e. The normalized spacial score (nSPS) is 12.3. The highest BCUT2D eigenvalue weighted by atomic mass is 79.9. The van der Waals surface area contributed by atoms with Crippen LogP contribution in [0.2, 0.25) is 0 Å². The first-order valence-corrected chi connectivity index (χ1v) is 8.68. The largest absolute Gasteiger partial charge is 0.490 e. The van der Waals surface area contributed by atoms with Crippen molar-refractivity contribution in [3.63, 3.8) is 0 Å². The van der Waals surface area contributed by atoms with E-state index in [1.54, 1.807) is 0 Å². The SMILES string of the molecule is CCC[C@H](C)Oc1cc(Br)c(F)cc1C(=O)NC(CC)CC. The summed E-state index contributed by atoms with van der Waals surface area (Å²) >= 11 is 3.15. The predicted molar refractivity (Wildman–Crippen MR) is 90.9 cm³/mol. The summed E-state index contributed by atoms with van der Waals surface area (Å²) in [6.45, 7) is 8.04. The van der Waals surface area contributed by atoms with Gasteiger partial charge >= 0.3 is 0 Å². The highest BCUT2D eigenvalue weighted by molar-refractivity contribution is 9.10. The number of nitrogens with one attached hydrogen (secondary N) is 1. The van der Waals surface area contributed by atoms with Crippen molar-refractivity contribution in [2.45, 2.75) is 65.5 Å². The summed E-state index contributed by atoms with van der Waals surface area (Å²) in [5, 5.41) is 2.92. The molecule has 0 radical (unpaired) electrons. The third-order valence-corrected chi connectivity index (χ3v) is 4.22. The Morgan fingerprint density at radius 3 is 2.50 bits per heavy atom. The first-order chi connectivity index (χ1) is 10.4. The second-order valence-corrected chi connectivity index (χ2v) is 6.32. The molecule has 5 heteroatoms. The molecule has 0 aliphatic heterocycles. The molecule has 1 aromatic rings. The second kappa shape index (κ2) is 9.13. The highest BCUT2D eigenvalue weighted by Gasteiger charge is 2.19. The van der Waals surface area contributed by atoms with E-state index in [0.29, 0.717) is 10.2 Å². The number of halogens is 2. The molecular formula is C17H25BrFNO2. The van der Waals surface area contributed by atoms with Crippen molar-refractivity contribution >= 4 is 21.8 Å². The van der Waals surface area contributed by atoms with Crippen molar-refractivity contribution in [3.8, 4) is 5.75 Å². The van der Waals surface area contributed by atoms with Gasteiger partial charge in [-0.1, -0.05) is 27.2 Å². The molecule has 0 aromatic heterocycles. The molecule has 1 amide bonds. The smallest absolute Gasteiger partial charge is 0.255 e. The lowest BCUT2D eigenvalue weighted by Crippen LogP contribution is -2.34. The van der Waals surface area contributed by atoms with Gasteiger partial charge in [-0.2, -0.15) is 0 Å². The Bertz CT molecular complexity index is 504. The molecule has 0 saturated carbocycles. The Morgan fingerprint density at radius 1 is 1.32 bits per heavy atom. The van der Waals surface area contributed by atoms with Gasteiger partial charge in [0.15, 0.2) is 0 Å².